The Bertz CT molecular complexity index is 1570. The Labute approximate surface area is 290 Å². The van der Waals surface area contributed by atoms with Crippen molar-refractivity contribution in [2.24, 2.45) is 0 Å². The van der Waals surface area contributed by atoms with Gasteiger partial charge in [-0.05, 0) is 104 Å². The Kier molecular flexibility index (Phi) is 12.3. The van der Waals surface area contributed by atoms with E-state index in [2.05, 4.69) is 89.9 Å². The van der Waals surface area contributed by atoms with Crippen molar-refractivity contribution in [3.05, 3.63) is 129 Å². The van der Waals surface area contributed by atoms with Crippen molar-refractivity contribution in [3.8, 4) is 11.5 Å². The first-order valence-electron chi connectivity index (χ1n) is 16.6. The van der Waals surface area contributed by atoms with E-state index in [0.717, 1.165) is 62.3 Å². The van der Waals surface area contributed by atoms with E-state index < -0.39 is 0 Å². The average Bonchev–Trinajstić information content (AvgIpc) is 3.11. The Morgan fingerprint density at radius 1 is 0.851 bits per heavy atom. The standard InChI is InChI=1S/C40H46Cl2N2O3/c1-29-34-28-38(47-3)37(46-2)27-31(34)20-25-44(29)24-11-22-40(32-12-6-4-7-13-32,33-14-8-5-9-15-33)21-10-23-43-39(45)19-17-30-16-18-35(41)36(42)26-30/h4-9,12-16,18,26-29H,10-11,17,19-25H2,1-3H3,(H,43,45). The summed E-state index contributed by atoms with van der Waals surface area (Å²) in [5, 5.41) is 4.21. The monoisotopic (exact) mass is 672 g/mol. The number of fused-ring (bicyclic) bond motifs is 1. The van der Waals surface area contributed by atoms with Crippen LogP contribution in [0.4, 0.5) is 0 Å². The molecule has 0 spiro atoms. The summed E-state index contributed by atoms with van der Waals surface area (Å²) in [7, 11) is 3.40. The molecule has 1 aliphatic heterocycles. The van der Waals surface area contributed by atoms with Crippen LogP contribution in [0.5, 0.6) is 11.5 Å². The Balaban J connectivity index is 1.26. The summed E-state index contributed by atoms with van der Waals surface area (Å²) in [6.45, 7) is 4.95. The van der Waals surface area contributed by atoms with E-state index in [-0.39, 0.29) is 11.3 Å². The molecule has 5 rings (SSSR count). The van der Waals surface area contributed by atoms with Gasteiger partial charge in [0.05, 0.1) is 24.3 Å². The molecule has 0 aromatic heterocycles. The number of hydrogen-bond donors (Lipinski definition) is 1. The maximum atomic E-state index is 12.8. The Morgan fingerprint density at radius 2 is 1.49 bits per heavy atom. The van der Waals surface area contributed by atoms with E-state index in [0.29, 0.717) is 35.5 Å². The second-order valence-electron chi connectivity index (χ2n) is 12.5. The number of aryl methyl sites for hydroxylation is 1. The predicted molar refractivity (Wildman–Crippen MR) is 193 cm³/mol. The highest BCUT2D eigenvalue weighted by Gasteiger charge is 2.34. The van der Waals surface area contributed by atoms with Crippen molar-refractivity contribution < 1.29 is 14.3 Å². The number of carbonyl (C=O) groups excluding carboxylic acids is 1. The van der Waals surface area contributed by atoms with Crippen LogP contribution in [0.25, 0.3) is 0 Å². The smallest absolute Gasteiger partial charge is 0.220 e. The van der Waals surface area contributed by atoms with E-state index >= 15 is 0 Å². The SMILES string of the molecule is COc1cc2c(cc1OC)C(C)N(CCCC(CCCNC(=O)CCc1ccc(Cl)c(Cl)c1)(c1ccccc1)c1ccccc1)CC2. The molecule has 1 unspecified atom stereocenters. The quantitative estimate of drug-likeness (QED) is 0.128. The number of halogens is 2. The maximum Gasteiger partial charge on any atom is 0.220 e. The summed E-state index contributed by atoms with van der Waals surface area (Å²) in [4.78, 5) is 15.4. The van der Waals surface area contributed by atoms with Gasteiger partial charge in [-0.3, -0.25) is 9.69 Å². The van der Waals surface area contributed by atoms with Crippen LogP contribution in [0, 0.1) is 0 Å². The molecule has 0 radical (unpaired) electrons. The van der Waals surface area contributed by atoms with Crippen molar-refractivity contribution in [3.63, 3.8) is 0 Å². The molecule has 4 aromatic carbocycles. The summed E-state index contributed by atoms with van der Waals surface area (Å²) < 4.78 is 11.2. The number of nitrogens with zero attached hydrogens (tertiary/aromatic N) is 1. The van der Waals surface area contributed by atoms with Gasteiger partial charge in [0, 0.05) is 31.0 Å². The summed E-state index contributed by atoms with van der Waals surface area (Å²) in [6.07, 6.45) is 5.89. The Hall–Kier alpha value is -3.51. The highest BCUT2D eigenvalue weighted by atomic mass is 35.5. The summed E-state index contributed by atoms with van der Waals surface area (Å²) >= 11 is 12.2. The van der Waals surface area contributed by atoms with Gasteiger partial charge in [0.15, 0.2) is 11.5 Å². The third-order valence-electron chi connectivity index (χ3n) is 9.74. The molecule has 4 aromatic rings. The average molecular weight is 674 g/mol. The minimum Gasteiger partial charge on any atom is -0.493 e. The van der Waals surface area contributed by atoms with E-state index in [1.165, 1.54) is 22.3 Å². The first-order chi connectivity index (χ1) is 22.8. The van der Waals surface area contributed by atoms with E-state index in [1.807, 2.05) is 12.1 Å². The van der Waals surface area contributed by atoms with E-state index in [1.54, 1.807) is 20.3 Å². The van der Waals surface area contributed by atoms with Gasteiger partial charge < -0.3 is 14.8 Å². The van der Waals surface area contributed by atoms with Crippen molar-refractivity contribution in [1.82, 2.24) is 10.2 Å². The minimum atomic E-state index is -0.166. The number of amides is 1. The fraction of sp³-hybridized carbons (Fsp3) is 0.375. The van der Waals surface area contributed by atoms with Crippen molar-refractivity contribution >= 4 is 29.1 Å². The van der Waals surface area contributed by atoms with Crippen LogP contribution in [0.1, 0.15) is 72.9 Å². The highest BCUT2D eigenvalue weighted by molar-refractivity contribution is 6.42. The molecular formula is C40H46Cl2N2O3. The zero-order valence-corrected chi connectivity index (χ0v) is 29.2. The third-order valence-corrected chi connectivity index (χ3v) is 10.5. The fourth-order valence-corrected chi connectivity index (χ4v) is 7.45. The molecule has 0 saturated heterocycles. The lowest BCUT2D eigenvalue weighted by molar-refractivity contribution is -0.121. The maximum absolute atomic E-state index is 12.8. The molecule has 5 nitrogen and oxygen atoms in total. The number of benzene rings is 4. The van der Waals surface area contributed by atoms with Gasteiger partial charge in [-0.1, -0.05) is 89.9 Å². The van der Waals surface area contributed by atoms with E-state index in [4.69, 9.17) is 32.7 Å². The molecule has 1 N–H and O–H groups in total. The lowest BCUT2D eigenvalue weighted by atomic mass is 9.68. The van der Waals surface area contributed by atoms with Gasteiger partial charge in [0.2, 0.25) is 5.91 Å². The van der Waals surface area contributed by atoms with Gasteiger partial charge in [-0.15, -0.1) is 0 Å². The molecule has 7 heteroatoms. The Morgan fingerprint density at radius 3 is 2.13 bits per heavy atom. The largest absolute Gasteiger partial charge is 0.493 e. The molecule has 47 heavy (non-hydrogen) atoms. The van der Waals surface area contributed by atoms with Crippen LogP contribution in [-0.4, -0.2) is 44.7 Å². The lowest BCUT2D eigenvalue weighted by Crippen LogP contribution is -2.36. The van der Waals surface area contributed by atoms with Crippen molar-refractivity contribution in [2.45, 2.75) is 63.3 Å². The molecule has 0 saturated carbocycles. The molecule has 1 aliphatic rings. The van der Waals surface area contributed by atoms with Crippen LogP contribution in [-0.2, 0) is 23.1 Å². The molecule has 0 fully saturated rings. The molecule has 0 bridgehead atoms. The van der Waals surface area contributed by atoms with E-state index in [9.17, 15) is 4.79 Å². The molecular weight excluding hydrogens is 627 g/mol. The van der Waals surface area contributed by atoms with Gasteiger partial charge >= 0.3 is 0 Å². The van der Waals surface area contributed by atoms with Gasteiger partial charge in [-0.25, -0.2) is 0 Å². The van der Waals surface area contributed by atoms with Crippen LogP contribution in [0.2, 0.25) is 10.0 Å². The molecule has 1 atom stereocenters. The number of methoxy groups -OCH3 is 2. The van der Waals surface area contributed by atoms with Gasteiger partial charge in [-0.2, -0.15) is 0 Å². The summed E-state index contributed by atoms with van der Waals surface area (Å²) in [5.41, 5.74) is 6.15. The van der Waals surface area contributed by atoms with Crippen LogP contribution >= 0.6 is 23.2 Å². The van der Waals surface area contributed by atoms with Gasteiger partial charge in [0.1, 0.15) is 0 Å². The molecule has 1 heterocycles. The first-order valence-corrected chi connectivity index (χ1v) is 17.4. The zero-order valence-electron chi connectivity index (χ0n) is 27.7. The number of hydrogen-bond acceptors (Lipinski definition) is 4. The van der Waals surface area contributed by atoms with Gasteiger partial charge in [0.25, 0.3) is 0 Å². The van der Waals surface area contributed by atoms with Crippen LogP contribution < -0.4 is 14.8 Å². The van der Waals surface area contributed by atoms with Crippen molar-refractivity contribution in [1.29, 1.82) is 0 Å². The fourth-order valence-electron chi connectivity index (χ4n) is 7.13. The number of nitrogens with one attached hydrogen (secondary N) is 1. The van der Waals surface area contributed by atoms with Crippen LogP contribution in [0.15, 0.2) is 91.0 Å². The molecule has 248 valence electrons. The molecule has 0 aliphatic carbocycles. The van der Waals surface area contributed by atoms with Crippen molar-refractivity contribution in [2.75, 3.05) is 33.9 Å². The number of ether oxygens (including phenoxy) is 2. The summed E-state index contributed by atoms with van der Waals surface area (Å²) in [6, 6.07) is 31.9. The third kappa shape index (κ3) is 8.51. The predicted octanol–water partition coefficient (Wildman–Crippen LogP) is 9.23. The second-order valence-corrected chi connectivity index (χ2v) is 13.3. The minimum absolute atomic E-state index is 0.0507. The normalized spacial score (nSPS) is 14.8. The summed E-state index contributed by atoms with van der Waals surface area (Å²) in [5.74, 6) is 1.63. The zero-order chi connectivity index (χ0) is 33.2. The highest BCUT2D eigenvalue weighted by Crippen LogP contribution is 2.42. The lowest BCUT2D eigenvalue weighted by Gasteiger charge is -2.39. The first kappa shape index (κ1) is 34.8. The number of rotatable bonds is 15. The second kappa shape index (κ2) is 16.5. The number of carbonyl (C=O) groups is 1. The van der Waals surface area contributed by atoms with Crippen LogP contribution in [0.3, 0.4) is 0 Å². The molecule has 1 amide bonds. The topological polar surface area (TPSA) is 50.8 Å².